The Morgan fingerprint density at radius 3 is 2.46 bits per heavy atom. The predicted molar refractivity (Wildman–Crippen MR) is 103 cm³/mol. The van der Waals surface area contributed by atoms with Crippen molar-refractivity contribution < 1.29 is 14.0 Å². The molecule has 0 aliphatic heterocycles. The number of rotatable bonds is 7. The van der Waals surface area contributed by atoms with Crippen LogP contribution in [-0.2, 0) is 11.2 Å². The van der Waals surface area contributed by atoms with E-state index in [9.17, 15) is 14.0 Å². The number of hydrogen-bond acceptors (Lipinski definition) is 3. The molecular formula is C19H23ClFN3O2. The third-order valence-corrected chi connectivity index (χ3v) is 3.84. The average molecular weight is 380 g/mol. The number of nitrogens with one attached hydrogen (secondary N) is 2. The Kier molecular flexibility index (Phi) is 8.58. The molecule has 26 heavy (non-hydrogen) atoms. The van der Waals surface area contributed by atoms with Crippen molar-refractivity contribution in [1.82, 2.24) is 10.6 Å². The van der Waals surface area contributed by atoms with E-state index in [4.69, 9.17) is 5.73 Å². The summed E-state index contributed by atoms with van der Waals surface area (Å²) in [6.45, 7) is 2.21. The van der Waals surface area contributed by atoms with E-state index in [2.05, 4.69) is 10.6 Å². The quantitative estimate of drug-likeness (QED) is 0.510. The lowest BCUT2D eigenvalue weighted by molar-refractivity contribution is -0.121. The number of anilines is 1. The number of carbonyl (C=O) groups excluding carboxylic acids is 2. The molecule has 2 rings (SSSR count). The highest BCUT2D eigenvalue weighted by atomic mass is 35.5. The molecular weight excluding hydrogens is 357 g/mol. The molecule has 7 heteroatoms. The Morgan fingerprint density at radius 1 is 1.08 bits per heavy atom. The Labute approximate surface area is 158 Å². The van der Waals surface area contributed by atoms with Gasteiger partial charge < -0.3 is 16.4 Å². The second kappa shape index (κ2) is 10.4. The van der Waals surface area contributed by atoms with Gasteiger partial charge in [0.1, 0.15) is 5.82 Å². The maximum absolute atomic E-state index is 13.4. The van der Waals surface area contributed by atoms with E-state index in [1.165, 1.54) is 6.07 Å². The van der Waals surface area contributed by atoms with Crippen molar-refractivity contribution in [1.29, 1.82) is 0 Å². The molecule has 2 aromatic carbocycles. The lowest BCUT2D eigenvalue weighted by Crippen LogP contribution is -2.34. The second-order valence-corrected chi connectivity index (χ2v) is 5.77. The largest absolute Gasteiger partial charge is 0.399 e. The number of halogens is 2. The summed E-state index contributed by atoms with van der Waals surface area (Å²) in [7, 11) is 0. The minimum atomic E-state index is -0.416. The molecule has 0 fully saturated rings. The number of nitrogen functional groups attached to an aromatic ring is 1. The van der Waals surface area contributed by atoms with Gasteiger partial charge in [0.15, 0.2) is 0 Å². The van der Waals surface area contributed by atoms with Gasteiger partial charge in [-0.05, 0) is 42.7 Å². The van der Waals surface area contributed by atoms with Crippen molar-refractivity contribution >= 4 is 29.9 Å². The minimum Gasteiger partial charge on any atom is -0.399 e. The van der Waals surface area contributed by atoms with Gasteiger partial charge in [0, 0.05) is 30.8 Å². The van der Waals surface area contributed by atoms with Gasteiger partial charge in [0.25, 0.3) is 5.91 Å². The molecule has 2 aromatic rings. The number of carbonyl (C=O) groups is 2. The molecule has 0 spiro atoms. The van der Waals surface area contributed by atoms with Crippen LogP contribution >= 0.6 is 12.4 Å². The first kappa shape index (κ1) is 21.4. The van der Waals surface area contributed by atoms with E-state index in [0.29, 0.717) is 30.6 Å². The zero-order chi connectivity index (χ0) is 18.2. The molecule has 140 valence electrons. The fourth-order valence-electron chi connectivity index (χ4n) is 2.31. The summed E-state index contributed by atoms with van der Waals surface area (Å²) in [4.78, 5) is 23.7. The zero-order valence-electron chi connectivity index (χ0n) is 14.5. The van der Waals surface area contributed by atoms with Gasteiger partial charge in [-0.3, -0.25) is 9.59 Å². The van der Waals surface area contributed by atoms with E-state index in [1.807, 2.05) is 18.2 Å². The Morgan fingerprint density at radius 2 is 1.77 bits per heavy atom. The van der Waals surface area contributed by atoms with Gasteiger partial charge in [0.2, 0.25) is 5.91 Å². The van der Waals surface area contributed by atoms with Gasteiger partial charge in [-0.15, -0.1) is 12.4 Å². The van der Waals surface area contributed by atoms with E-state index < -0.39 is 5.82 Å². The van der Waals surface area contributed by atoms with Crippen molar-refractivity contribution in [2.45, 2.75) is 19.8 Å². The molecule has 0 aliphatic carbocycles. The number of para-hydroxylation sites is 1. The van der Waals surface area contributed by atoms with Crippen LogP contribution < -0.4 is 16.4 Å². The second-order valence-electron chi connectivity index (χ2n) is 5.77. The summed E-state index contributed by atoms with van der Waals surface area (Å²) in [5.41, 5.74) is 8.19. The molecule has 2 amide bonds. The normalized spacial score (nSPS) is 9.92. The summed E-state index contributed by atoms with van der Waals surface area (Å²) in [6, 6.07) is 11.8. The SMILES string of the molecule is Cc1ccc(C(=O)NCCNC(=O)CCc2ccccc2N)cc1F.Cl. The van der Waals surface area contributed by atoms with Crippen LogP contribution in [0.15, 0.2) is 42.5 Å². The predicted octanol–water partition coefficient (Wildman–Crippen LogP) is 2.62. The van der Waals surface area contributed by atoms with Crippen LogP contribution in [-0.4, -0.2) is 24.9 Å². The summed E-state index contributed by atoms with van der Waals surface area (Å²) in [5.74, 6) is -0.898. The highest BCUT2D eigenvalue weighted by Crippen LogP contribution is 2.12. The smallest absolute Gasteiger partial charge is 0.251 e. The summed E-state index contributed by atoms with van der Waals surface area (Å²) >= 11 is 0. The topological polar surface area (TPSA) is 84.2 Å². The summed E-state index contributed by atoms with van der Waals surface area (Å²) in [5, 5.41) is 5.37. The fourth-order valence-corrected chi connectivity index (χ4v) is 2.31. The molecule has 0 aliphatic rings. The first-order valence-electron chi connectivity index (χ1n) is 8.12. The Hall–Kier alpha value is -2.60. The number of hydrogen-bond donors (Lipinski definition) is 3. The maximum atomic E-state index is 13.4. The van der Waals surface area contributed by atoms with Crippen LogP contribution in [0.1, 0.15) is 27.9 Å². The minimum absolute atomic E-state index is 0. The van der Waals surface area contributed by atoms with Crippen LogP contribution in [0.5, 0.6) is 0 Å². The van der Waals surface area contributed by atoms with Crippen molar-refractivity contribution in [3.05, 3.63) is 65.0 Å². The summed E-state index contributed by atoms with van der Waals surface area (Å²) in [6.07, 6.45) is 0.888. The van der Waals surface area contributed by atoms with Crippen LogP contribution in [0.4, 0.5) is 10.1 Å². The number of amides is 2. The molecule has 0 atom stereocenters. The third-order valence-electron chi connectivity index (χ3n) is 3.84. The number of aryl methyl sites for hydroxylation is 2. The fraction of sp³-hybridized carbons (Fsp3) is 0.263. The highest BCUT2D eigenvalue weighted by Gasteiger charge is 2.08. The van der Waals surface area contributed by atoms with Gasteiger partial charge in [-0.2, -0.15) is 0 Å². The molecule has 0 saturated carbocycles. The number of nitrogens with two attached hydrogens (primary N) is 1. The van der Waals surface area contributed by atoms with Crippen molar-refractivity contribution in [2.75, 3.05) is 18.8 Å². The van der Waals surface area contributed by atoms with Crippen LogP contribution in [0.3, 0.4) is 0 Å². The van der Waals surface area contributed by atoms with Crippen molar-refractivity contribution in [3.63, 3.8) is 0 Å². The molecule has 0 aromatic heterocycles. The van der Waals surface area contributed by atoms with Gasteiger partial charge >= 0.3 is 0 Å². The Balaban J connectivity index is 0.00000338. The van der Waals surface area contributed by atoms with Crippen LogP contribution in [0.25, 0.3) is 0 Å². The monoisotopic (exact) mass is 379 g/mol. The van der Waals surface area contributed by atoms with Gasteiger partial charge in [0.05, 0.1) is 0 Å². The van der Waals surface area contributed by atoms with Crippen molar-refractivity contribution in [3.8, 4) is 0 Å². The first-order chi connectivity index (χ1) is 12.0. The standard InChI is InChI=1S/C19H22FN3O2.ClH/c1-13-6-7-15(12-16(13)20)19(25)23-11-10-22-18(24)9-8-14-4-2-3-5-17(14)21;/h2-7,12H,8-11,21H2,1H3,(H,22,24)(H,23,25);1H. The Bertz CT molecular complexity index is 768. The summed E-state index contributed by atoms with van der Waals surface area (Å²) < 4.78 is 13.4. The third kappa shape index (κ3) is 6.37. The highest BCUT2D eigenvalue weighted by molar-refractivity contribution is 5.94. The molecule has 0 heterocycles. The van der Waals surface area contributed by atoms with Crippen molar-refractivity contribution in [2.24, 2.45) is 0 Å². The van der Waals surface area contributed by atoms with Gasteiger partial charge in [-0.25, -0.2) is 4.39 Å². The first-order valence-corrected chi connectivity index (χ1v) is 8.12. The zero-order valence-corrected chi connectivity index (χ0v) is 15.4. The van der Waals surface area contributed by atoms with E-state index in [1.54, 1.807) is 25.1 Å². The average Bonchev–Trinajstić information content (AvgIpc) is 2.60. The molecule has 0 saturated heterocycles. The molecule has 0 radical (unpaired) electrons. The van der Waals surface area contributed by atoms with E-state index in [-0.39, 0.29) is 36.3 Å². The molecule has 4 N–H and O–H groups in total. The number of benzene rings is 2. The van der Waals surface area contributed by atoms with Gasteiger partial charge in [-0.1, -0.05) is 24.3 Å². The van der Waals surface area contributed by atoms with E-state index in [0.717, 1.165) is 5.56 Å². The molecule has 0 bridgehead atoms. The van der Waals surface area contributed by atoms with E-state index >= 15 is 0 Å². The molecule has 5 nitrogen and oxygen atoms in total. The molecule has 0 unspecified atom stereocenters. The lowest BCUT2D eigenvalue weighted by atomic mass is 10.1. The van der Waals surface area contributed by atoms with Crippen LogP contribution in [0.2, 0.25) is 0 Å². The lowest BCUT2D eigenvalue weighted by Gasteiger charge is -2.08. The van der Waals surface area contributed by atoms with Crippen LogP contribution in [0, 0.1) is 12.7 Å². The maximum Gasteiger partial charge on any atom is 0.251 e.